The first-order valence-corrected chi connectivity index (χ1v) is 6.99. The predicted octanol–water partition coefficient (Wildman–Crippen LogP) is 2.00. The van der Waals surface area contributed by atoms with Crippen LogP contribution in [0.25, 0.3) is 0 Å². The third-order valence-electron chi connectivity index (χ3n) is 1.94. The first-order valence-electron chi connectivity index (χ1n) is 4.67. The molecule has 1 N–H and O–H groups in total. The van der Waals surface area contributed by atoms with E-state index in [0.717, 1.165) is 6.29 Å². The molecular weight excluding hydrogens is 248 g/mol. The van der Waals surface area contributed by atoms with E-state index in [2.05, 4.69) is 0 Å². The van der Waals surface area contributed by atoms with Crippen LogP contribution < -0.4 is 0 Å². The highest BCUT2D eigenvalue weighted by Crippen LogP contribution is 2.26. The molecule has 0 aliphatic heterocycles. The van der Waals surface area contributed by atoms with Gasteiger partial charge in [0.1, 0.15) is 6.29 Å². The maximum Gasteiger partial charge on any atom is 0.294 e. The van der Waals surface area contributed by atoms with Crippen LogP contribution in [0.1, 0.15) is 13.3 Å². The van der Waals surface area contributed by atoms with Gasteiger partial charge in [-0.2, -0.15) is 8.42 Å². The number of carbonyl (C=O) groups excluding carboxylic acids is 1. The van der Waals surface area contributed by atoms with E-state index in [1.54, 1.807) is 6.07 Å². The summed E-state index contributed by atoms with van der Waals surface area (Å²) in [6, 6.07) is 5.89. The summed E-state index contributed by atoms with van der Waals surface area (Å²) in [5, 5.41) is -0.198. The van der Waals surface area contributed by atoms with Gasteiger partial charge in [0.25, 0.3) is 10.1 Å². The Morgan fingerprint density at radius 2 is 2.19 bits per heavy atom. The van der Waals surface area contributed by atoms with Crippen molar-refractivity contribution in [1.29, 1.82) is 0 Å². The van der Waals surface area contributed by atoms with Gasteiger partial charge in [0.05, 0.1) is 10.1 Å². The zero-order valence-corrected chi connectivity index (χ0v) is 10.3. The number of hydrogen-bond donors (Lipinski definition) is 1. The van der Waals surface area contributed by atoms with Gasteiger partial charge in [-0.05, 0) is 24.6 Å². The standard InChI is InChI=1S/C10H12O4S2/c1-2-8(7-11)15-9-4-3-5-10(6-9)16(12,13)14/h3-8H,2H2,1H3,(H,12,13,14). The summed E-state index contributed by atoms with van der Waals surface area (Å²) in [4.78, 5) is 11.1. The van der Waals surface area contributed by atoms with Crippen LogP contribution in [-0.4, -0.2) is 24.5 Å². The van der Waals surface area contributed by atoms with Gasteiger partial charge in [-0.3, -0.25) is 4.55 Å². The minimum absolute atomic E-state index is 0.154. The van der Waals surface area contributed by atoms with E-state index < -0.39 is 10.1 Å². The number of benzene rings is 1. The number of aldehydes is 1. The van der Waals surface area contributed by atoms with Crippen molar-refractivity contribution in [3.63, 3.8) is 0 Å². The minimum atomic E-state index is -4.18. The molecule has 16 heavy (non-hydrogen) atoms. The largest absolute Gasteiger partial charge is 0.302 e. The summed E-state index contributed by atoms with van der Waals surface area (Å²) in [6.07, 6.45) is 1.50. The van der Waals surface area contributed by atoms with Gasteiger partial charge < -0.3 is 4.79 Å². The fourth-order valence-corrected chi connectivity index (χ4v) is 2.62. The summed E-state index contributed by atoms with van der Waals surface area (Å²) in [5.41, 5.74) is 0. The van der Waals surface area contributed by atoms with Crippen molar-refractivity contribution < 1.29 is 17.8 Å². The van der Waals surface area contributed by atoms with Crippen LogP contribution >= 0.6 is 11.8 Å². The van der Waals surface area contributed by atoms with Crippen LogP contribution in [0.2, 0.25) is 0 Å². The van der Waals surface area contributed by atoms with Crippen LogP contribution in [0.5, 0.6) is 0 Å². The first kappa shape index (κ1) is 13.2. The summed E-state index contributed by atoms with van der Waals surface area (Å²) in [6.45, 7) is 1.87. The van der Waals surface area contributed by atoms with Crippen molar-refractivity contribution in [2.75, 3.05) is 0 Å². The lowest BCUT2D eigenvalue weighted by Gasteiger charge is -2.07. The maximum absolute atomic E-state index is 10.9. The maximum atomic E-state index is 10.9. The first-order chi connectivity index (χ1) is 7.47. The van der Waals surface area contributed by atoms with Gasteiger partial charge in [-0.15, -0.1) is 11.8 Å². The molecule has 0 aliphatic rings. The molecule has 1 aromatic carbocycles. The number of thioether (sulfide) groups is 1. The molecule has 0 bridgehead atoms. The highest BCUT2D eigenvalue weighted by molar-refractivity contribution is 8.00. The molecule has 1 unspecified atom stereocenters. The number of rotatable bonds is 5. The minimum Gasteiger partial charge on any atom is -0.302 e. The molecule has 0 radical (unpaired) electrons. The average Bonchev–Trinajstić information content (AvgIpc) is 2.25. The van der Waals surface area contributed by atoms with Gasteiger partial charge in [0, 0.05) is 4.90 Å². The molecule has 6 heteroatoms. The molecule has 88 valence electrons. The summed E-state index contributed by atoms with van der Waals surface area (Å²) in [7, 11) is -4.18. The van der Waals surface area contributed by atoms with E-state index >= 15 is 0 Å². The molecule has 4 nitrogen and oxygen atoms in total. The van der Waals surface area contributed by atoms with Crippen LogP contribution in [0.3, 0.4) is 0 Å². The third-order valence-corrected chi connectivity index (χ3v) is 4.07. The SMILES string of the molecule is CCC(C=O)Sc1cccc(S(=O)(=O)O)c1. The fourth-order valence-electron chi connectivity index (χ4n) is 1.09. The average molecular weight is 260 g/mol. The molecule has 1 aromatic rings. The Morgan fingerprint density at radius 3 is 2.69 bits per heavy atom. The number of carbonyl (C=O) groups is 1. The Morgan fingerprint density at radius 1 is 1.50 bits per heavy atom. The van der Waals surface area contributed by atoms with E-state index in [1.165, 1.54) is 30.0 Å². The molecule has 0 saturated carbocycles. The van der Waals surface area contributed by atoms with Crippen LogP contribution in [0.4, 0.5) is 0 Å². The Labute approximate surface area is 98.8 Å². The van der Waals surface area contributed by atoms with Crippen molar-refractivity contribution >= 4 is 28.2 Å². The fraction of sp³-hybridized carbons (Fsp3) is 0.300. The summed E-state index contributed by atoms with van der Waals surface area (Å²) < 4.78 is 30.6. The lowest BCUT2D eigenvalue weighted by Crippen LogP contribution is -2.02. The van der Waals surface area contributed by atoms with Gasteiger partial charge in [-0.25, -0.2) is 0 Å². The molecule has 0 fully saturated rings. The van der Waals surface area contributed by atoms with E-state index in [-0.39, 0.29) is 10.1 Å². The lowest BCUT2D eigenvalue weighted by atomic mass is 10.4. The van der Waals surface area contributed by atoms with Crippen molar-refractivity contribution in [2.24, 2.45) is 0 Å². The Balaban J connectivity index is 2.95. The topological polar surface area (TPSA) is 71.4 Å². The van der Waals surface area contributed by atoms with Crippen LogP contribution in [0, 0.1) is 0 Å². The summed E-state index contributed by atoms with van der Waals surface area (Å²) >= 11 is 1.28. The Kier molecular flexibility index (Phi) is 4.52. The van der Waals surface area contributed by atoms with E-state index in [1.807, 2.05) is 6.92 Å². The van der Waals surface area contributed by atoms with E-state index in [9.17, 15) is 13.2 Å². The zero-order valence-electron chi connectivity index (χ0n) is 8.66. The molecular formula is C10H12O4S2. The monoisotopic (exact) mass is 260 g/mol. The van der Waals surface area contributed by atoms with Crippen LogP contribution in [0.15, 0.2) is 34.1 Å². The van der Waals surface area contributed by atoms with Gasteiger partial charge in [0.2, 0.25) is 0 Å². The second kappa shape index (κ2) is 5.47. The zero-order chi connectivity index (χ0) is 12.2. The Hall–Kier alpha value is -0.850. The second-order valence-electron chi connectivity index (χ2n) is 3.15. The second-order valence-corrected chi connectivity index (χ2v) is 5.88. The molecule has 1 rings (SSSR count). The predicted molar refractivity (Wildman–Crippen MR) is 62.3 cm³/mol. The van der Waals surface area contributed by atoms with Crippen molar-refractivity contribution in [3.05, 3.63) is 24.3 Å². The summed E-state index contributed by atoms with van der Waals surface area (Å²) in [5.74, 6) is 0. The van der Waals surface area contributed by atoms with Crippen molar-refractivity contribution in [1.82, 2.24) is 0 Å². The molecule has 0 heterocycles. The quantitative estimate of drug-likeness (QED) is 0.498. The third kappa shape index (κ3) is 3.62. The normalized spacial score (nSPS) is 13.4. The molecule has 1 atom stereocenters. The number of hydrogen-bond acceptors (Lipinski definition) is 4. The van der Waals surface area contributed by atoms with Gasteiger partial charge >= 0.3 is 0 Å². The van der Waals surface area contributed by atoms with Crippen LogP contribution in [-0.2, 0) is 14.9 Å². The molecule has 0 spiro atoms. The van der Waals surface area contributed by atoms with E-state index in [4.69, 9.17) is 4.55 Å². The van der Waals surface area contributed by atoms with Gasteiger partial charge in [-0.1, -0.05) is 13.0 Å². The molecule has 0 saturated heterocycles. The van der Waals surface area contributed by atoms with Crippen molar-refractivity contribution in [3.8, 4) is 0 Å². The lowest BCUT2D eigenvalue weighted by molar-refractivity contribution is -0.107. The van der Waals surface area contributed by atoms with Gasteiger partial charge in [0.15, 0.2) is 0 Å². The smallest absolute Gasteiger partial charge is 0.294 e. The molecule has 0 amide bonds. The highest BCUT2D eigenvalue weighted by Gasteiger charge is 2.12. The highest BCUT2D eigenvalue weighted by atomic mass is 32.2. The van der Waals surface area contributed by atoms with Crippen molar-refractivity contribution in [2.45, 2.75) is 28.4 Å². The Bertz CT molecular complexity index is 467. The molecule has 0 aliphatic carbocycles. The van der Waals surface area contributed by atoms with E-state index in [0.29, 0.717) is 11.3 Å². The molecule has 0 aromatic heterocycles.